The van der Waals surface area contributed by atoms with Crippen molar-refractivity contribution in [1.82, 2.24) is 9.55 Å². The van der Waals surface area contributed by atoms with Crippen LogP contribution in [-0.2, 0) is 18.4 Å². The molecule has 1 heterocycles. The van der Waals surface area contributed by atoms with Gasteiger partial charge in [-0.2, -0.15) is 0 Å². The molecule has 0 atom stereocenters. The number of rotatable bonds is 5. The van der Waals surface area contributed by atoms with E-state index < -0.39 is 0 Å². The quantitative estimate of drug-likeness (QED) is 0.459. The maximum atomic E-state index is 13.3. The molecule has 0 amide bonds. The van der Waals surface area contributed by atoms with Gasteiger partial charge < -0.3 is 4.74 Å². The van der Waals surface area contributed by atoms with Crippen molar-refractivity contribution in [2.24, 2.45) is 0 Å². The van der Waals surface area contributed by atoms with Crippen LogP contribution >= 0.6 is 11.8 Å². The minimum absolute atomic E-state index is 0.000665. The molecule has 1 aliphatic carbocycles. The first kappa shape index (κ1) is 17.5. The zero-order valence-electron chi connectivity index (χ0n) is 14.8. The van der Waals surface area contributed by atoms with E-state index in [-0.39, 0.29) is 11.0 Å². The molecule has 0 unspecified atom stereocenters. The van der Waals surface area contributed by atoms with Gasteiger partial charge >= 0.3 is 0 Å². The summed E-state index contributed by atoms with van der Waals surface area (Å²) in [6, 6.07) is 5.95. The van der Waals surface area contributed by atoms with E-state index >= 15 is 0 Å². The van der Waals surface area contributed by atoms with E-state index in [2.05, 4.69) is 27.0 Å². The molecule has 0 saturated heterocycles. The summed E-state index contributed by atoms with van der Waals surface area (Å²) in [7, 11) is 1.66. The minimum atomic E-state index is -0.306. The van der Waals surface area contributed by atoms with Crippen LogP contribution in [0.25, 0.3) is 11.3 Å². The average Bonchev–Trinajstić information content (AvgIpc) is 2.56. The standard InChI is InChI=1S/C20H22N2O2S/c1-6-10-22-18(23)16-17(21-19(22)25-7-2)15-9-8-14(24-5)11-13(15)12-20(16,3)4/h6-9,11H,1-2,10,12H2,3-5H3. The van der Waals surface area contributed by atoms with Gasteiger partial charge in [0, 0.05) is 23.1 Å². The van der Waals surface area contributed by atoms with Crippen LogP contribution in [0.1, 0.15) is 25.0 Å². The van der Waals surface area contributed by atoms with Gasteiger partial charge in [0.1, 0.15) is 5.75 Å². The third kappa shape index (κ3) is 2.93. The van der Waals surface area contributed by atoms with Gasteiger partial charge in [-0.15, -0.1) is 6.58 Å². The lowest BCUT2D eigenvalue weighted by Crippen LogP contribution is -2.38. The number of hydrogen-bond acceptors (Lipinski definition) is 4. The van der Waals surface area contributed by atoms with E-state index in [4.69, 9.17) is 9.72 Å². The van der Waals surface area contributed by atoms with Crippen molar-refractivity contribution in [3.05, 3.63) is 64.3 Å². The number of methoxy groups -OCH3 is 1. The number of ether oxygens (including phenoxy) is 1. The summed E-state index contributed by atoms with van der Waals surface area (Å²) >= 11 is 1.35. The highest BCUT2D eigenvalue weighted by Crippen LogP contribution is 2.42. The Morgan fingerprint density at radius 3 is 2.80 bits per heavy atom. The molecule has 3 rings (SSSR count). The highest BCUT2D eigenvalue weighted by atomic mass is 32.2. The molecule has 0 radical (unpaired) electrons. The van der Waals surface area contributed by atoms with Crippen LogP contribution in [0, 0.1) is 0 Å². The summed E-state index contributed by atoms with van der Waals surface area (Å²) in [4.78, 5) is 18.1. The van der Waals surface area contributed by atoms with Gasteiger partial charge in [-0.3, -0.25) is 9.36 Å². The molecule has 5 heteroatoms. The molecule has 0 bridgehead atoms. The van der Waals surface area contributed by atoms with Crippen molar-refractivity contribution >= 4 is 11.8 Å². The Balaban J connectivity index is 2.35. The number of thioether (sulfide) groups is 1. The van der Waals surface area contributed by atoms with E-state index in [1.54, 1.807) is 23.2 Å². The van der Waals surface area contributed by atoms with E-state index in [1.807, 2.05) is 18.2 Å². The molecular weight excluding hydrogens is 332 g/mol. The normalized spacial score (nSPS) is 14.4. The summed E-state index contributed by atoms with van der Waals surface area (Å²) in [5.41, 5.74) is 3.38. The molecule has 1 aromatic carbocycles. The molecule has 0 aliphatic heterocycles. The first-order valence-corrected chi connectivity index (χ1v) is 9.02. The third-order valence-electron chi connectivity index (χ3n) is 4.51. The van der Waals surface area contributed by atoms with Gasteiger partial charge in [-0.1, -0.05) is 38.3 Å². The van der Waals surface area contributed by atoms with Crippen LogP contribution in [0.2, 0.25) is 0 Å². The molecule has 0 saturated carbocycles. The maximum Gasteiger partial charge on any atom is 0.258 e. The summed E-state index contributed by atoms with van der Waals surface area (Å²) in [5, 5.41) is 2.33. The van der Waals surface area contributed by atoms with Gasteiger partial charge in [-0.05, 0) is 35.6 Å². The van der Waals surface area contributed by atoms with Crippen LogP contribution in [0.5, 0.6) is 5.75 Å². The van der Waals surface area contributed by atoms with E-state index in [0.29, 0.717) is 11.7 Å². The second kappa shape index (κ2) is 6.56. The molecule has 0 fully saturated rings. The topological polar surface area (TPSA) is 44.1 Å². The van der Waals surface area contributed by atoms with Crippen molar-refractivity contribution < 1.29 is 4.74 Å². The molecule has 0 N–H and O–H groups in total. The number of nitrogens with zero attached hydrogens (tertiary/aromatic N) is 2. The maximum absolute atomic E-state index is 13.3. The summed E-state index contributed by atoms with van der Waals surface area (Å²) in [6.45, 7) is 12.1. The first-order chi connectivity index (χ1) is 11.9. The predicted octanol–water partition coefficient (Wildman–Crippen LogP) is 4.17. The van der Waals surface area contributed by atoms with Crippen LogP contribution in [0.4, 0.5) is 0 Å². The van der Waals surface area contributed by atoms with Crippen molar-refractivity contribution in [2.45, 2.75) is 37.4 Å². The number of hydrogen-bond donors (Lipinski definition) is 0. The Labute approximate surface area is 152 Å². The van der Waals surface area contributed by atoms with E-state index in [1.165, 1.54) is 11.8 Å². The minimum Gasteiger partial charge on any atom is -0.497 e. The van der Waals surface area contributed by atoms with Gasteiger partial charge in [0.2, 0.25) is 0 Å². The Bertz CT molecular complexity index is 913. The fourth-order valence-electron chi connectivity index (χ4n) is 3.43. The van der Waals surface area contributed by atoms with Crippen molar-refractivity contribution in [1.29, 1.82) is 0 Å². The van der Waals surface area contributed by atoms with Crippen LogP contribution in [0.15, 0.2) is 52.8 Å². The molecule has 0 spiro atoms. The lowest BCUT2D eigenvalue weighted by atomic mass is 9.72. The van der Waals surface area contributed by atoms with Crippen molar-refractivity contribution in [3.63, 3.8) is 0 Å². The van der Waals surface area contributed by atoms with Crippen molar-refractivity contribution in [2.75, 3.05) is 7.11 Å². The number of benzene rings is 1. The fraction of sp³-hybridized carbons (Fsp3) is 0.300. The average molecular weight is 354 g/mol. The second-order valence-electron chi connectivity index (χ2n) is 6.69. The fourth-order valence-corrected chi connectivity index (χ4v) is 4.01. The van der Waals surface area contributed by atoms with Gasteiger partial charge in [-0.25, -0.2) is 4.98 Å². The summed E-state index contributed by atoms with van der Waals surface area (Å²) < 4.78 is 7.03. The van der Waals surface area contributed by atoms with Gasteiger partial charge in [0.15, 0.2) is 5.16 Å². The second-order valence-corrected chi connectivity index (χ2v) is 7.62. The number of allylic oxidation sites excluding steroid dienone is 1. The van der Waals surface area contributed by atoms with Gasteiger partial charge in [0.05, 0.1) is 12.8 Å². The molecule has 1 aromatic heterocycles. The van der Waals surface area contributed by atoms with Crippen LogP contribution in [0.3, 0.4) is 0 Å². The lowest BCUT2D eigenvalue weighted by Gasteiger charge is -2.33. The van der Waals surface area contributed by atoms with Gasteiger partial charge in [0.25, 0.3) is 5.56 Å². The largest absolute Gasteiger partial charge is 0.497 e. The SMILES string of the molecule is C=CCn1c(SC=C)nc2c(c1=O)C(C)(C)Cc1cc(OC)ccc1-2. The smallest absolute Gasteiger partial charge is 0.258 e. The Hall–Kier alpha value is -2.27. The van der Waals surface area contributed by atoms with Crippen LogP contribution < -0.4 is 10.3 Å². The highest BCUT2D eigenvalue weighted by molar-refractivity contribution is 8.02. The molecule has 4 nitrogen and oxygen atoms in total. The Morgan fingerprint density at radius 2 is 2.16 bits per heavy atom. The van der Waals surface area contributed by atoms with E-state index in [9.17, 15) is 4.79 Å². The zero-order valence-corrected chi connectivity index (χ0v) is 15.7. The molecule has 2 aromatic rings. The van der Waals surface area contributed by atoms with Crippen LogP contribution in [-0.4, -0.2) is 16.7 Å². The Kier molecular flexibility index (Phi) is 4.60. The van der Waals surface area contributed by atoms with Crippen molar-refractivity contribution in [3.8, 4) is 17.0 Å². The Morgan fingerprint density at radius 1 is 1.40 bits per heavy atom. The van der Waals surface area contributed by atoms with E-state index in [0.717, 1.165) is 34.6 Å². The number of aromatic nitrogens is 2. The molecule has 1 aliphatic rings. The number of fused-ring (bicyclic) bond motifs is 3. The monoisotopic (exact) mass is 354 g/mol. The summed E-state index contributed by atoms with van der Waals surface area (Å²) in [6.07, 6.45) is 2.49. The lowest BCUT2D eigenvalue weighted by molar-refractivity contribution is 0.413. The molecule has 25 heavy (non-hydrogen) atoms. The predicted molar refractivity (Wildman–Crippen MR) is 103 cm³/mol. The molecule has 130 valence electrons. The molecular formula is C20H22N2O2S. The zero-order chi connectivity index (χ0) is 18.2. The highest BCUT2D eigenvalue weighted by Gasteiger charge is 2.36. The summed E-state index contributed by atoms with van der Waals surface area (Å²) in [5.74, 6) is 0.818. The first-order valence-electron chi connectivity index (χ1n) is 8.14. The third-order valence-corrected chi connectivity index (χ3v) is 5.20.